The number of benzene rings is 1. The summed E-state index contributed by atoms with van der Waals surface area (Å²) in [7, 11) is 0. The maximum atomic E-state index is 11.5. The van der Waals surface area contributed by atoms with Gasteiger partial charge in [-0.3, -0.25) is 0 Å². The van der Waals surface area contributed by atoms with Crippen molar-refractivity contribution < 1.29 is 14.6 Å². The summed E-state index contributed by atoms with van der Waals surface area (Å²) in [6.07, 6.45) is 0. The van der Waals surface area contributed by atoms with E-state index in [1.165, 1.54) is 6.92 Å². The Kier molecular flexibility index (Phi) is 5.51. The largest absolute Gasteiger partial charge is 0.510 e. The molecule has 0 aliphatic heterocycles. The van der Waals surface area contributed by atoms with Crippen LogP contribution >= 0.6 is 15.9 Å². The van der Waals surface area contributed by atoms with Gasteiger partial charge in [0.05, 0.1) is 12.3 Å². The number of aliphatic hydroxyl groups is 1. The Morgan fingerprint density at radius 3 is 2.50 bits per heavy atom. The van der Waals surface area contributed by atoms with Crippen LogP contribution in [-0.4, -0.2) is 17.7 Å². The van der Waals surface area contributed by atoms with Crippen LogP contribution in [0.5, 0.6) is 0 Å². The Morgan fingerprint density at radius 2 is 2.00 bits per heavy atom. The highest BCUT2D eigenvalue weighted by molar-refractivity contribution is 9.10. The number of hydrogen-bond donors (Lipinski definition) is 1. The molecule has 0 fully saturated rings. The van der Waals surface area contributed by atoms with Gasteiger partial charge in [0, 0.05) is 4.47 Å². The third kappa shape index (κ3) is 4.29. The van der Waals surface area contributed by atoms with E-state index in [-0.39, 0.29) is 18.1 Å². The van der Waals surface area contributed by atoms with Crippen molar-refractivity contribution in [2.24, 2.45) is 10.2 Å². The molecule has 1 aromatic carbocycles. The predicted octanol–water partition coefficient (Wildman–Crippen LogP) is 3.89. The molecule has 0 saturated heterocycles. The Labute approximate surface area is 113 Å². The molecule has 18 heavy (non-hydrogen) atoms. The zero-order valence-electron chi connectivity index (χ0n) is 10.1. The fourth-order valence-electron chi connectivity index (χ4n) is 1.08. The zero-order valence-corrected chi connectivity index (χ0v) is 11.6. The summed E-state index contributed by atoms with van der Waals surface area (Å²) in [6, 6.07) is 7.05. The van der Waals surface area contributed by atoms with Gasteiger partial charge >= 0.3 is 5.97 Å². The lowest BCUT2D eigenvalue weighted by Gasteiger charge is -2.01. The first-order valence-corrected chi connectivity index (χ1v) is 6.08. The van der Waals surface area contributed by atoms with E-state index in [0.29, 0.717) is 5.69 Å². The molecule has 0 aliphatic carbocycles. The lowest BCUT2D eigenvalue weighted by atomic mass is 10.3. The van der Waals surface area contributed by atoms with Crippen molar-refractivity contribution in [2.75, 3.05) is 6.61 Å². The van der Waals surface area contributed by atoms with Crippen molar-refractivity contribution in [3.63, 3.8) is 0 Å². The average molecular weight is 313 g/mol. The maximum absolute atomic E-state index is 11.5. The minimum absolute atomic E-state index is 0.195. The number of nitrogens with zero attached hydrogens (tertiary/aromatic N) is 2. The Hall–Kier alpha value is -1.69. The lowest BCUT2D eigenvalue weighted by molar-refractivity contribution is -0.138. The fraction of sp³-hybridized carbons (Fsp3) is 0.250. The van der Waals surface area contributed by atoms with Crippen LogP contribution in [0.25, 0.3) is 0 Å². The number of azo groups is 1. The number of hydrogen-bond acceptors (Lipinski definition) is 5. The molecule has 0 unspecified atom stereocenters. The smallest absolute Gasteiger partial charge is 0.362 e. The first-order chi connectivity index (χ1) is 8.54. The SMILES string of the molecule is CCOC(=O)/C(N=Nc1ccc(Br)cc1)=C(/C)O. The van der Waals surface area contributed by atoms with Gasteiger partial charge in [-0.05, 0) is 38.1 Å². The second-order valence-electron chi connectivity index (χ2n) is 3.33. The van der Waals surface area contributed by atoms with Crippen LogP contribution < -0.4 is 0 Å². The first kappa shape index (κ1) is 14.4. The van der Waals surface area contributed by atoms with Crippen molar-refractivity contribution in [1.29, 1.82) is 0 Å². The first-order valence-electron chi connectivity index (χ1n) is 5.29. The number of ether oxygens (including phenoxy) is 1. The van der Waals surface area contributed by atoms with Gasteiger partial charge in [-0.2, -0.15) is 5.11 Å². The maximum Gasteiger partial charge on any atom is 0.362 e. The van der Waals surface area contributed by atoms with Gasteiger partial charge in [0.1, 0.15) is 5.76 Å². The van der Waals surface area contributed by atoms with Crippen LogP contribution in [0.4, 0.5) is 5.69 Å². The van der Waals surface area contributed by atoms with Crippen molar-refractivity contribution in [3.8, 4) is 0 Å². The van der Waals surface area contributed by atoms with Crippen LogP contribution in [0.15, 0.2) is 50.4 Å². The van der Waals surface area contributed by atoms with Gasteiger partial charge in [0.15, 0.2) is 0 Å². The molecule has 0 aromatic heterocycles. The third-order valence-electron chi connectivity index (χ3n) is 1.90. The van der Waals surface area contributed by atoms with Crippen molar-refractivity contribution >= 4 is 27.6 Å². The Balaban J connectivity index is 2.88. The lowest BCUT2D eigenvalue weighted by Crippen LogP contribution is -2.07. The van der Waals surface area contributed by atoms with Crippen LogP contribution in [0, 0.1) is 0 Å². The summed E-state index contributed by atoms with van der Waals surface area (Å²) in [6.45, 7) is 3.24. The van der Waals surface area contributed by atoms with E-state index in [0.717, 1.165) is 4.47 Å². The molecule has 5 nitrogen and oxygen atoms in total. The van der Waals surface area contributed by atoms with Crippen LogP contribution in [0.2, 0.25) is 0 Å². The molecule has 1 aromatic rings. The van der Waals surface area contributed by atoms with Crippen molar-refractivity contribution in [2.45, 2.75) is 13.8 Å². The summed E-state index contributed by atoms with van der Waals surface area (Å²) < 4.78 is 5.67. The minimum Gasteiger partial charge on any atom is -0.510 e. The van der Waals surface area contributed by atoms with Gasteiger partial charge in [0.2, 0.25) is 5.70 Å². The van der Waals surface area contributed by atoms with E-state index >= 15 is 0 Å². The van der Waals surface area contributed by atoms with Gasteiger partial charge < -0.3 is 9.84 Å². The number of carbonyl (C=O) groups excluding carboxylic acids is 1. The highest BCUT2D eigenvalue weighted by Crippen LogP contribution is 2.18. The molecule has 1 N–H and O–H groups in total. The molecule has 1 rings (SSSR count). The summed E-state index contributed by atoms with van der Waals surface area (Å²) in [5, 5.41) is 16.9. The topological polar surface area (TPSA) is 71.2 Å². The average Bonchev–Trinajstić information content (AvgIpc) is 2.31. The second kappa shape index (κ2) is 6.90. The monoisotopic (exact) mass is 312 g/mol. The van der Waals surface area contributed by atoms with Gasteiger partial charge in [-0.1, -0.05) is 15.9 Å². The van der Waals surface area contributed by atoms with Crippen molar-refractivity contribution in [3.05, 3.63) is 40.2 Å². The van der Waals surface area contributed by atoms with E-state index < -0.39 is 5.97 Å². The summed E-state index contributed by atoms with van der Waals surface area (Å²) in [5.41, 5.74) is 0.376. The van der Waals surface area contributed by atoms with Crippen LogP contribution in [-0.2, 0) is 9.53 Å². The molecule has 0 saturated carbocycles. The molecule has 0 aliphatic rings. The molecular formula is C12H13BrN2O3. The van der Waals surface area contributed by atoms with Crippen molar-refractivity contribution in [1.82, 2.24) is 0 Å². The van der Waals surface area contributed by atoms with E-state index in [4.69, 9.17) is 4.74 Å². The number of esters is 1. The molecule has 96 valence electrons. The number of allylic oxidation sites excluding steroid dienone is 1. The normalized spacial score (nSPS) is 12.4. The van der Waals surface area contributed by atoms with E-state index in [1.54, 1.807) is 31.2 Å². The van der Waals surface area contributed by atoms with Crippen LogP contribution in [0.3, 0.4) is 0 Å². The number of halogens is 1. The predicted molar refractivity (Wildman–Crippen MR) is 70.6 cm³/mol. The van der Waals surface area contributed by atoms with Gasteiger partial charge in [-0.15, -0.1) is 5.11 Å². The molecule has 0 amide bonds. The second-order valence-corrected chi connectivity index (χ2v) is 4.25. The molecule has 0 radical (unpaired) electrons. The molecule has 0 atom stereocenters. The zero-order chi connectivity index (χ0) is 13.5. The summed E-state index contributed by atoms with van der Waals surface area (Å²) >= 11 is 3.30. The van der Waals surface area contributed by atoms with Gasteiger partial charge in [-0.25, -0.2) is 4.79 Å². The van der Waals surface area contributed by atoms with E-state index in [2.05, 4.69) is 26.2 Å². The fourth-order valence-corrected chi connectivity index (χ4v) is 1.34. The molecule has 0 bridgehead atoms. The quantitative estimate of drug-likeness (QED) is 0.397. The highest BCUT2D eigenvalue weighted by Gasteiger charge is 2.13. The molecule has 0 heterocycles. The number of rotatable bonds is 4. The van der Waals surface area contributed by atoms with Crippen LogP contribution in [0.1, 0.15) is 13.8 Å². The highest BCUT2D eigenvalue weighted by atomic mass is 79.9. The van der Waals surface area contributed by atoms with E-state index in [1.807, 2.05) is 0 Å². The molecule has 0 spiro atoms. The standard InChI is InChI=1S/C12H13BrN2O3/c1-3-18-12(17)11(8(2)16)15-14-10-6-4-9(13)5-7-10/h4-7,16H,3H2,1-2H3/b11-8+,15-14?. The molecular weight excluding hydrogens is 300 g/mol. The minimum atomic E-state index is -0.696. The number of aliphatic hydroxyl groups excluding tert-OH is 1. The number of carbonyl (C=O) groups is 1. The summed E-state index contributed by atoms with van der Waals surface area (Å²) in [5.74, 6) is -0.923. The third-order valence-corrected chi connectivity index (χ3v) is 2.43. The Morgan fingerprint density at radius 1 is 1.39 bits per heavy atom. The molecule has 6 heteroatoms. The van der Waals surface area contributed by atoms with Gasteiger partial charge in [0.25, 0.3) is 0 Å². The van der Waals surface area contributed by atoms with E-state index in [9.17, 15) is 9.90 Å². The summed E-state index contributed by atoms with van der Waals surface area (Å²) in [4.78, 5) is 11.5. The Bertz CT molecular complexity index is 477.